The molecule has 0 aromatic rings. The lowest BCUT2D eigenvalue weighted by molar-refractivity contribution is -0.141. The highest BCUT2D eigenvalue weighted by Crippen LogP contribution is 2.19. The van der Waals surface area contributed by atoms with E-state index in [9.17, 15) is 14.4 Å². The van der Waals surface area contributed by atoms with E-state index in [0.717, 1.165) is 5.75 Å². The number of carboxylic acid groups (broad SMARTS) is 1. The second kappa shape index (κ2) is 5.60. The molecule has 2 saturated heterocycles. The molecule has 1 N–H and O–H groups in total. The Kier molecular flexibility index (Phi) is 4.11. The van der Waals surface area contributed by atoms with Gasteiger partial charge in [-0.05, 0) is 6.42 Å². The number of carbonyl (C=O) groups excluding carboxylic acids is 2. The molecule has 100 valence electrons. The Balaban J connectivity index is 1.75. The van der Waals surface area contributed by atoms with Gasteiger partial charge in [-0.3, -0.25) is 14.4 Å². The Morgan fingerprint density at radius 1 is 1.39 bits per heavy atom. The lowest BCUT2D eigenvalue weighted by atomic mass is 10.1. The summed E-state index contributed by atoms with van der Waals surface area (Å²) in [6, 6.07) is 0. The number of carboxylic acids is 1. The lowest BCUT2D eigenvalue weighted by Crippen LogP contribution is -2.34. The average Bonchev–Trinajstić information content (AvgIpc) is 2.94. The zero-order valence-electron chi connectivity index (χ0n) is 10.0. The first-order chi connectivity index (χ1) is 8.58. The molecule has 6 nitrogen and oxygen atoms in total. The normalized spacial score (nSPS) is 23.8. The number of carbonyl (C=O) groups is 3. The van der Waals surface area contributed by atoms with Gasteiger partial charge in [0.15, 0.2) is 0 Å². The van der Waals surface area contributed by atoms with Gasteiger partial charge in [0.25, 0.3) is 5.24 Å². The van der Waals surface area contributed by atoms with E-state index in [4.69, 9.17) is 5.11 Å². The number of rotatable bonds is 4. The third-order valence-corrected chi connectivity index (χ3v) is 4.22. The molecule has 0 aromatic carbocycles. The first kappa shape index (κ1) is 13.2. The Bertz CT molecular complexity index is 374. The highest BCUT2D eigenvalue weighted by Gasteiger charge is 2.31. The van der Waals surface area contributed by atoms with Crippen molar-refractivity contribution in [2.45, 2.75) is 12.8 Å². The van der Waals surface area contributed by atoms with Crippen molar-refractivity contribution in [2.75, 3.05) is 31.9 Å². The first-order valence-electron chi connectivity index (χ1n) is 6.00. The molecule has 2 aliphatic rings. The van der Waals surface area contributed by atoms with Crippen LogP contribution in [0.1, 0.15) is 12.8 Å². The molecule has 0 aliphatic carbocycles. The van der Waals surface area contributed by atoms with E-state index >= 15 is 0 Å². The second-order valence-electron chi connectivity index (χ2n) is 4.52. The highest BCUT2D eigenvalue weighted by molar-refractivity contribution is 8.13. The van der Waals surface area contributed by atoms with E-state index in [1.54, 1.807) is 9.80 Å². The van der Waals surface area contributed by atoms with Crippen LogP contribution in [0.25, 0.3) is 0 Å². The average molecular weight is 272 g/mol. The largest absolute Gasteiger partial charge is 0.481 e. The van der Waals surface area contributed by atoms with Crippen LogP contribution in [-0.4, -0.2) is 64.0 Å². The summed E-state index contributed by atoms with van der Waals surface area (Å²) in [5.74, 6) is -0.532. The fraction of sp³-hybridized carbons (Fsp3) is 0.727. The summed E-state index contributed by atoms with van der Waals surface area (Å²) in [4.78, 5) is 37.3. The van der Waals surface area contributed by atoms with Crippen molar-refractivity contribution in [2.24, 2.45) is 5.92 Å². The third-order valence-electron chi connectivity index (χ3n) is 3.33. The summed E-state index contributed by atoms with van der Waals surface area (Å²) in [7, 11) is 0. The maximum atomic E-state index is 11.9. The fourth-order valence-electron chi connectivity index (χ4n) is 2.21. The molecule has 2 heterocycles. The standard InChI is InChI=1S/C11H16N2O4S/c14-9(2-4-12-5-6-18-11(12)17)13-3-1-8(7-13)10(15)16/h8H,1-7H2,(H,15,16). The van der Waals surface area contributed by atoms with Gasteiger partial charge >= 0.3 is 5.97 Å². The minimum absolute atomic E-state index is 0.0348. The number of nitrogens with zero attached hydrogens (tertiary/aromatic N) is 2. The summed E-state index contributed by atoms with van der Waals surface area (Å²) in [6.45, 7) is 1.96. The molecule has 18 heavy (non-hydrogen) atoms. The van der Waals surface area contributed by atoms with Crippen LogP contribution >= 0.6 is 11.8 Å². The van der Waals surface area contributed by atoms with Gasteiger partial charge in [-0.2, -0.15) is 0 Å². The van der Waals surface area contributed by atoms with Crippen LogP contribution in [0.3, 0.4) is 0 Å². The van der Waals surface area contributed by atoms with E-state index in [-0.39, 0.29) is 11.1 Å². The van der Waals surface area contributed by atoms with Crippen LogP contribution in [0.5, 0.6) is 0 Å². The van der Waals surface area contributed by atoms with Crippen LogP contribution in [0.4, 0.5) is 4.79 Å². The predicted octanol–water partition coefficient (Wildman–Crippen LogP) is 0.478. The molecule has 2 aliphatic heterocycles. The van der Waals surface area contributed by atoms with E-state index in [0.29, 0.717) is 39.0 Å². The molecular formula is C11H16N2O4S. The number of hydrogen-bond acceptors (Lipinski definition) is 4. The SMILES string of the molecule is O=C(O)C1CCN(C(=O)CCN2CCSC2=O)C1. The van der Waals surface area contributed by atoms with E-state index in [1.807, 2.05) is 0 Å². The van der Waals surface area contributed by atoms with Gasteiger partial charge in [0, 0.05) is 38.4 Å². The number of aliphatic carboxylic acids is 1. The molecule has 0 spiro atoms. The molecule has 1 atom stereocenters. The Hall–Kier alpha value is -1.24. The topological polar surface area (TPSA) is 77.9 Å². The predicted molar refractivity (Wildman–Crippen MR) is 66.4 cm³/mol. The van der Waals surface area contributed by atoms with Crippen molar-refractivity contribution in [3.8, 4) is 0 Å². The highest BCUT2D eigenvalue weighted by atomic mass is 32.2. The Morgan fingerprint density at radius 2 is 2.17 bits per heavy atom. The summed E-state index contributed by atoms with van der Waals surface area (Å²) in [5, 5.41) is 8.89. The smallest absolute Gasteiger partial charge is 0.308 e. The van der Waals surface area contributed by atoms with Crippen molar-refractivity contribution in [1.29, 1.82) is 0 Å². The number of amides is 2. The van der Waals surface area contributed by atoms with Crippen molar-refractivity contribution in [1.82, 2.24) is 9.80 Å². The molecule has 0 bridgehead atoms. The van der Waals surface area contributed by atoms with Gasteiger partial charge in [-0.1, -0.05) is 11.8 Å². The minimum Gasteiger partial charge on any atom is -0.481 e. The van der Waals surface area contributed by atoms with Crippen LogP contribution in [0.15, 0.2) is 0 Å². The maximum Gasteiger partial charge on any atom is 0.308 e. The van der Waals surface area contributed by atoms with Crippen LogP contribution in [0, 0.1) is 5.92 Å². The summed E-state index contributed by atoms with van der Waals surface area (Å²) in [5.41, 5.74) is 0. The van der Waals surface area contributed by atoms with Crippen molar-refractivity contribution < 1.29 is 19.5 Å². The van der Waals surface area contributed by atoms with Crippen molar-refractivity contribution in [3.63, 3.8) is 0 Å². The monoisotopic (exact) mass is 272 g/mol. The van der Waals surface area contributed by atoms with E-state index < -0.39 is 11.9 Å². The Morgan fingerprint density at radius 3 is 2.72 bits per heavy atom. The molecule has 2 fully saturated rings. The van der Waals surface area contributed by atoms with E-state index in [2.05, 4.69) is 0 Å². The van der Waals surface area contributed by atoms with Crippen molar-refractivity contribution in [3.05, 3.63) is 0 Å². The minimum atomic E-state index is -0.837. The van der Waals surface area contributed by atoms with Gasteiger partial charge < -0.3 is 14.9 Å². The molecule has 0 radical (unpaired) electrons. The zero-order valence-corrected chi connectivity index (χ0v) is 10.8. The van der Waals surface area contributed by atoms with Gasteiger partial charge in [0.05, 0.1) is 5.92 Å². The summed E-state index contributed by atoms with van der Waals surface area (Å²) in [6.07, 6.45) is 0.818. The Labute approximate surface area is 109 Å². The first-order valence-corrected chi connectivity index (χ1v) is 6.99. The molecular weight excluding hydrogens is 256 g/mol. The van der Waals surface area contributed by atoms with Gasteiger partial charge in [-0.15, -0.1) is 0 Å². The lowest BCUT2D eigenvalue weighted by Gasteiger charge is -2.18. The fourth-order valence-corrected chi connectivity index (χ4v) is 3.06. The number of likely N-dealkylation sites (tertiary alicyclic amines) is 1. The van der Waals surface area contributed by atoms with Gasteiger partial charge in [0.2, 0.25) is 5.91 Å². The van der Waals surface area contributed by atoms with Crippen LogP contribution in [-0.2, 0) is 9.59 Å². The summed E-state index contributed by atoms with van der Waals surface area (Å²) >= 11 is 1.28. The number of thioether (sulfide) groups is 1. The zero-order chi connectivity index (χ0) is 13.1. The third kappa shape index (κ3) is 2.95. The quantitative estimate of drug-likeness (QED) is 0.805. The van der Waals surface area contributed by atoms with Gasteiger partial charge in [0.1, 0.15) is 0 Å². The van der Waals surface area contributed by atoms with Crippen LogP contribution < -0.4 is 0 Å². The molecule has 0 aromatic heterocycles. The maximum absolute atomic E-state index is 11.9. The molecule has 7 heteroatoms. The second-order valence-corrected chi connectivity index (χ2v) is 5.56. The summed E-state index contributed by atoms with van der Waals surface area (Å²) < 4.78 is 0. The molecule has 1 unspecified atom stereocenters. The molecule has 2 amide bonds. The molecule has 2 rings (SSSR count). The van der Waals surface area contributed by atoms with Crippen molar-refractivity contribution >= 4 is 28.9 Å². The van der Waals surface area contributed by atoms with Gasteiger partial charge in [-0.25, -0.2) is 0 Å². The van der Waals surface area contributed by atoms with E-state index in [1.165, 1.54) is 11.8 Å². The number of hydrogen-bond donors (Lipinski definition) is 1. The van der Waals surface area contributed by atoms with Crippen LogP contribution in [0.2, 0.25) is 0 Å². The molecule has 0 saturated carbocycles.